The smallest absolute Gasteiger partial charge is 0.0174 e. The van der Waals surface area contributed by atoms with Gasteiger partial charge in [0.15, 0.2) is 0 Å². The minimum atomic E-state index is 0.905. The maximum atomic E-state index is 4.03. The van der Waals surface area contributed by atoms with E-state index in [4.69, 9.17) is 0 Å². The number of hydrogen-bond acceptors (Lipinski definition) is 0. The van der Waals surface area contributed by atoms with Crippen LogP contribution in [0.2, 0.25) is 0 Å². The molecule has 0 aromatic carbocycles. The van der Waals surface area contributed by atoms with Crippen LogP contribution in [-0.4, -0.2) is 0 Å². The van der Waals surface area contributed by atoms with E-state index < -0.39 is 0 Å². The Hall–Kier alpha value is -0.740. The van der Waals surface area contributed by atoms with Gasteiger partial charge in [-0.3, -0.25) is 0 Å². The third kappa shape index (κ3) is 5.41. The molecule has 17 heavy (non-hydrogen) atoms. The summed E-state index contributed by atoms with van der Waals surface area (Å²) in [7, 11) is 0. The highest BCUT2D eigenvalue weighted by Crippen LogP contribution is 2.36. The third-order valence-electron chi connectivity index (χ3n) is 3.89. The average Bonchev–Trinajstić information content (AvgIpc) is 2.26. The summed E-state index contributed by atoms with van der Waals surface area (Å²) in [6.45, 7) is 10.9. The summed E-state index contributed by atoms with van der Waals surface area (Å²) < 4.78 is 0. The second-order valence-electron chi connectivity index (χ2n) is 5.67. The molecular formula is C17H28. The molecule has 0 radical (unpaired) electrons. The van der Waals surface area contributed by atoms with Crippen LogP contribution in [0.15, 0.2) is 29.5 Å². The standard InChI is InChI=1S/C17H28/c1-5-7-15(4)9-11-17-12-16(13-17)10-8-14(3)6-2/h9,14,16H,4-8,10,12-13H2,1-3H3. The lowest BCUT2D eigenvalue weighted by molar-refractivity contribution is 0.343. The van der Waals surface area contributed by atoms with Gasteiger partial charge in [-0.1, -0.05) is 46.6 Å². The van der Waals surface area contributed by atoms with E-state index >= 15 is 0 Å². The lowest BCUT2D eigenvalue weighted by Gasteiger charge is -2.28. The van der Waals surface area contributed by atoms with Crippen molar-refractivity contribution in [3.05, 3.63) is 29.5 Å². The Morgan fingerprint density at radius 1 is 1.47 bits per heavy atom. The van der Waals surface area contributed by atoms with Gasteiger partial charge in [-0.2, -0.15) is 0 Å². The summed E-state index contributed by atoms with van der Waals surface area (Å²) in [5, 5.41) is 0. The molecule has 0 aromatic rings. The van der Waals surface area contributed by atoms with Crippen LogP contribution >= 0.6 is 0 Å². The fourth-order valence-electron chi connectivity index (χ4n) is 2.28. The molecule has 0 spiro atoms. The zero-order valence-electron chi connectivity index (χ0n) is 11.9. The van der Waals surface area contributed by atoms with Crippen molar-refractivity contribution >= 4 is 0 Å². The van der Waals surface area contributed by atoms with Crippen molar-refractivity contribution < 1.29 is 0 Å². The molecule has 96 valence electrons. The molecule has 0 heterocycles. The van der Waals surface area contributed by atoms with Crippen LogP contribution in [0.4, 0.5) is 0 Å². The van der Waals surface area contributed by atoms with E-state index in [9.17, 15) is 0 Å². The quantitative estimate of drug-likeness (QED) is 0.392. The summed E-state index contributed by atoms with van der Waals surface area (Å²) in [6, 6.07) is 0. The first-order valence-corrected chi connectivity index (χ1v) is 7.27. The zero-order chi connectivity index (χ0) is 12.7. The second-order valence-corrected chi connectivity index (χ2v) is 5.67. The molecule has 0 N–H and O–H groups in total. The lowest BCUT2D eigenvalue weighted by Crippen LogP contribution is -2.15. The molecule has 1 rings (SSSR count). The van der Waals surface area contributed by atoms with Crippen molar-refractivity contribution in [2.75, 3.05) is 0 Å². The molecule has 0 bridgehead atoms. The van der Waals surface area contributed by atoms with Crippen molar-refractivity contribution in [2.24, 2.45) is 11.8 Å². The van der Waals surface area contributed by atoms with Gasteiger partial charge in [-0.25, -0.2) is 0 Å². The van der Waals surface area contributed by atoms with Gasteiger partial charge >= 0.3 is 0 Å². The molecule has 0 amide bonds. The van der Waals surface area contributed by atoms with E-state index in [-0.39, 0.29) is 0 Å². The predicted molar refractivity (Wildman–Crippen MR) is 77.1 cm³/mol. The van der Waals surface area contributed by atoms with Gasteiger partial charge in [0.2, 0.25) is 0 Å². The molecule has 1 aliphatic rings. The Morgan fingerprint density at radius 2 is 2.18 bits per heavy atom. The SMILES string of the molecule is C=C(C=C=C1CC(CCC(C)CC)C1)CCC. The largest absolute Gasteiger partial charge is 0.121 e. The van der Waals surface area contributed by atoms with E-state index in [1.54, 1.807) is 0 Å². The first-order chi connectivity index (χ1) is 8.15. The van der Waals surface area contributed by atoms with E-state index in [0.717, 1.165) is 18.3 Å². The highest BCUT2D eigenvalue weighted by molar-refractivity contribution is 5.20. The fourth-order valence-corrected chi connectivity index (χ4v) is 2.28. The Kier molecular flexibility index (Phi) is 6.37. The topological polar surface area (TPSA) is 0 Å². The van der Waals surface area contributed by atoms with Crippen LogP contribution in [0.5, 0.6) is 0 Å². The van der Waals surface area contributed by atoms with Crippen molar-refractivity contribution in [3.8, 4) is 0 Å². The van der Waals surface area contributed by atoms with E-state index in [1.165, 1.54) is 49.7 Å². The van der Waals surface area contributed by atoms with Gasteiger partial charge in [0, 0.05) is 0 Å². The molecule has 0 saturated heterocycles. The highest BCUT2D eigenvalue weighted by atomic mass is 14.3. The first kappa shape index (κ1) is 14.3. The van der Waals surface area contributed by atoms with E-state index in [0.29, 0.717) is 0 Å². The lowest BCUT2D eigenvalue weighted by atomic mass is 9.76. The van der Waals surface area contributed by atoms with Crippen LogP contribution in [-0.2, 0) is 0 Å². The maximum Gasteiger partial charge on any atom is -0.0174 e. The first-order valence-electron chi connectivity index (χ1n) is 7.27. The van der Waals surface area contributed by atoms with Crippen molar-refractivity contribution in [2.45, 2.75) is 65.7 Å². The monoisotopic (exact) mass is 232 g/mol. The van der Waals surface area contributed by atoms with Crippen LogP contribution in [0.1, 0.15) is 65.7 Å². The van der Waals surface area contributed by atoms with Crippen LogP contribution in [0.25, 0.3) is 0 Å². The van der Waals surface area contributed by atoms with Gasteiger partial charge in [0.05, 0.1) is 0 Å². The van der Waals surface area contributed by atoms with Crippen molar-refractivity contribution in [1.29, 1.82) is 0 Å². The predicted octanol–water partition coefficient (Wildman–Crippen LogP) is 5.66. The maximum absolute atomic E-state index is 4.03. The van der Waals surface area contributed by atoms with Gasteiger partial charge < -0.3 is 0 Å². The number of allylic oxidation sites excluding steroid dienone is 2. The molecule has 0 heteroatoms. The Bertz CT molecular complexity index is 294. The highest BCUT2D eigenvalue weighted by Gasteiger charge is 2.22. The minimum Gasteiger partial charge on any atom is -0.121 e. The minimum absolute atomic E-state index is 0.905. The van der Waals surface area contributed by atoms with Crippen molar-refractivity contribution in [1.82, 2.24) is 0 Å². The summed E-state index contributed by atoms with van der Waals surface area (Å²) in [6.07, 6.45) is 11.1. The fraction of sp³-hybridized carbons (Fsp3) is 0.706. The molecule has 0 aromatic heterocycles. The van der Waals surface area contributed by atoms with Crippen molar-refractivity contribution in [3.63, 3.8) is 0 Å². The molecule has 1 aliphatic carbocycles. The molecular weight excluding hydrogens is 204 g/mol. The molecule has 0 nitrogen and oxygen atoms in total. The Morgan fingerprint density at radius 3 is 2.76 bits per heavy atom. The van der Waals surface area contributed by atoms with Gasteiger partial charge in [-0.15, -0.1) is 5.73 Å². The number of rotatable bonds is 7. The number of hydrogen-bond donors (Lipinski definition) is 0. The summed E-state index contributed by atoms with van der Waals surface area (Å²) in [5.74, 6) is 1.85. The average molecular weight is 232 g/mol. The summed E-state index contributed by atoms with van der Waals surface area (Å²) in [5.41, 5.74) is 6.16. The van der Waals surface area contributed by atoms with E-state index in [2.05, 4.69) is 39.2 Å². The Balaban J connectivity index is 2.22. The molecule has 1 atom stereocenters. The van der Waals surface area contributed by atoms with Crippen LogP contribution < -0.4 is 0 Å². The molecule has 0 aliphatic heterocycles. The Labute approximate surface area is 108 Å². The van der Waals surface area contributed by atoms with E-state index in [1.807, 2.05) is 0 Å². The summed E-state index contributed by atoms with van der Waals surface area (Å²) >= 11 is 0. The normalized spacial score (nSPS) is 20.4. The summed E-state index contributed by atoms with van der Waals surface area (Å²) in [4.78, 5) is 0. The van der Waals surface area contributed by atoms with Gasteiger partial charge in [0.1, 0.15) is 0 Å². The molecule has 1 unspecified atom stereocenters. The second kappa shape index (κ2) is 7.56. The molecule has 1 saturated carbocycles. The third-order valence-corrected chi connectivity index (χ3v) is 3.89. The van der Waals surface area contributed by atoms with Crippen LogP contribution in [0, 0.1) is 11.8 Å². The van der Waals surface area contributed by atoms with Gasteiger partial charge in [-0.05, 0) is 54.7 Å². The molecule has 1 fully saturated rings. The van der Waals surface area contributed by atoms with Gasteiger partial charge in [0.25, 0.3) is 0 Å². The van der Waals surface area contributed by atoms with Crippen LogP contribution in [0.3, 0.4) is 0 Å². The zero-order valence-corrected chi connectivity index (χ0v) is 11.9.